The van der Waals surface area contributed by atoms with Crippen LogP contribution in [0, 0.1) is 0 Å². The third-order valence-corrected chi connectivity index (χ3v) is 2.44. The first-order valence-corrected chi connectivity index (χ1v) is 5.41. The topological polar surface area (TPSA) is 38.0 Å². The maximum Gasteiger partial charge on any atom is 0.0226 e. The molecule has 0 saturated carbocycles. The summed E-state index contributed by atoms with van der Waals surface area (Å²) in [5.41, 5.74) is 1.36. The van der Waals surface area contributed by atoms with E-state index in [-0.39, 0.29) is 0 Å². The molecule has 0 aliphatic rings. The van der Waals surface area contributed by atoms with Crippen molar-refractivity contribution in [1.82, 2.24) is 5.32 Å². The van der Waals surface area contributed by atoms with Gasteiger partial charge in [-0.25, -0.2) is 0 Å². The zero-order valence-corrected chi connectivity index (χ0v) is 8.73. The lowest BCUT2D eigenvalue weighted by atomic mass is 10.1. The number of nitrogens with one attached hydrogen (secondary N) is 1. The van der Waals surface area contributed by atoms with Crippen LogP contribution in [0.2, 0.25) is 0 Å². The average molecular weight is 196 g/mol. The molecule has 13 heavy (non-hydrogen) atoms. The summed E-state index contributed by atoms with van der Waals surface area (Å²) in [6, 6.07) is 8.39. The standard InChI is InChI=1S/C10H16N2S/c1-2-12-8-7-9-3-5-10(13-11)6-4-9/h3-6,12H,2,7-8,11H2,1H3. The highest BCUT2D eigenvalue weighted by Crippen LogP contribution is 2.12. The normalized spacial score (nSPS) is 10.3. The maximum absolute atomic E-state index is 5.43. The molecule has 1 aromatic rings. The van der Waals surface area contributed by atoms with E-state index >= 15 is 0 Å². The van der Waals surface area contributed by atoms with Crippen molar-refractivity contribution in [2.24, 2.45) is 5.14 Å². The first-order valence-electron chi connectivity index (χ1n) is 4.53. The predicted molar refractivity (Wildman–Crippen MR) is 58.7 cm³/mol. The minimum atomic E-state index is 1.04. The van der Waals surface area contributed by atoms with Gasteiger partial charge in [-0.3, -0.25) is 5.14 Å². The van der Waals surface area contributed by atoms with E-state index < -0.39 is 0 Å². The monoisotopic (exact) mass is 196 g/mol. The third kappa shape index (κ3) is 3.81. The molecule has 0 atom stereocenters. The Labute approximate surface area is 84.0 Å². The van der Waals surface area contributed by atoms with Crippen LogP contribution in [0.15, 0.2) is 29.2 Å². The molecule has 0 heterocycles. The molecule has 0 bridgehead atoms. The zero-order valence-electron chi connectivity index (χ0n) is 7.92. The van der Waals surface area contributed by atoms with Crippen LogP contribution in [0.25, 0.3) is 0 Å². The Kier molecular flexibility index (Phi) is 4.90. The second-order valence-corrected chi connectivity index (χ2v) is 3.57. The fourth-order valence-corrected chi connectivity index (χ4v) is 1.44. The maximum atomic E-state index is 5.43. The Morgan fingerprint density at radius 2 is 2.00 bits per heavy atom. The summed E-state index contributed by atoms with van der Waals surface area (Å²) in [5.74, 6) is 0. The summed E-state index contributed by atoms with van der Waals surface area (Å²) >= 11 is 1.29. The zero-order chi connectivity index (χ0) is 9.52. The van der Waals surface area contributed by atoms with Crippen molar-refractivity contribution in [3.8, 4) is 0 Å². The summed E-state index contributed by atoms with van der Waals surface area (Å²) in [5, 5.41) is 8.72. The molecule has 0 aliphatic heterocycles. The van der Waals surface area contributed by atoms with Crippen molar-refractivity contribution in [1.29, 1.82) is 0 Å². The number of hydrogen-bond donors (Lipinski definition) is 2. The fraction of sp³-hybridized carbons (Fsp3) is 0.400. The van der Waals surface area contributed by atoms with E-state index in [2.05, 4.69) is 36.5 Å². The second-order valence-electron chi connectivity index (χ2n) is 2.87. The smallest absolute Gasteiger partial charge is 0.0226 e. The quantitative estimate of drug-likeness (QED) is 0.557. The molecule has 0 fully saturated rings. The molecule has 0 aliphatic carbocycles. The molecule has 0 radical (unpaired) electrons. The first-order chi connectivity index (χ1) is 6.36. The number of likely N-dealkylation sites (N-methyl/N-ethyl adjacent to an activating group) is 1. The van der Waals surface area contributed by atoms with E-state index in [4.69, 9.17) is 5.14 Å². The highest BCUT2D eigenvalue weighted by Gasteiger charge is 1.93. The second kappa shape index (κ2) is 6.02. The molecule has 72 valence electrons. The highest BCUT2D eigenvalue weighted by molar-refractivity contribution is 7.97. The summed E-state index contributed by atoms with van der Waals surface area (Å²) in [7, 11) is 0. The molecule has 0 saturated heterocycles. The van der Waals surface area contributed by atoms with Crippen LogP contribution < -0.4 is 10.5 Å². The van der Waals surface area contributed by atoms with Gasteiger partial charge in [0, 0.05) is 4.90 Å². The van der Waals surface area contributed by atoms with Crippen molar-refractivity contribution >= 4 is 11.9 Å². The van der Waals surface area contributed by atoms with Crippen LogP contribution in [0.3, 0.4) is 0 Å². The lowest BCUT2D eigenvalue weighted by molar-refractivity contribution is 0.716. The van der Waals surface area contributed by atoms with Crippen molar-refractivity contribution in [3.63, 3.8) is 0 Å². The lowest BCUT2D eigenvalue weighted by Crippen LogP contribution is -2.15. The Bertz CT molecular complexity index is 233. The van der Waals surface area contributed by atoms with Gasteiger partial charge in [0.1, 0.15) is 0 Å². The fourth-order valence-electron chi connectivity index (χ4n) is 1.14. The van der Waals surface area contributed by atoms with Crippen molar-refractivity contribution in [2.75, 3.05) is 13.1 Å². The van der Waals surface area contributed by atoms with Gasteiger partial charge in [-0.1, -0.05) is 19.1 Å². The van der Waals surface area contributed by atoms with E-state index in [0.29, 0.717) is 0 Å². The van der Waals surface area contributed by atoms with Gasteiger partial charge in [0.25, 0.3) is 0 Å². The molecule has 0 aromatic heterocycles. The van der Waals surface area contributed by atoms with Crippen molar-refractivity contribution in [3.05, 3.63) is 29.8 Å². The SMILES string of the molecule is CCNCCc1ccc(SN)cc1. The van der Waals surface area contributed by atoms with Gasteiger partial charge >= 0.3 is 0 Å². The van der Waals surface area contributed by atoms with Crippen molar-refractivity contribution in [2.45, 2.75) is 18.2 Å². The summed E-state index contributed by atoms with van der Waals surface area (Å²) in [4.78, 5) is 1.12. The van der Waals surface area contributed by atoms with Crippen LogP contribution in [0.1, 0.15) is 12.5 Å². The number of rotatable bonds is 5. The molecule has 2 nitrogen and oxygen atoms in total. The molecule has 3 N–H and O–H groups in total. The Hall–Kier alpha value is -0.510. The van der Waals surface area contributed by atoms with Gasteiger partial charge in [0.05, 0.1) is 0 Å². The molecular formula is C10H16N2S. The Morgan fingerprint density at radius 1 is 1.31 bits per heavy atom. The number of nitrogens with two attached hydrogens (primary N) is 1. The Balaban J connectivity index is 2.40. The largest absolute Gasteiger partial charge is 0.317 e. The van der Waals surface area contributed by atoms with Crippen LogP contribution in [0.4, 0.5) is 0 Å². The van der Waals surface area contributed by atoms with Gasteiger partial charge in [0.2, 0.25) is 0 Å². The van der Waals surface area contributed by atoms with E-state index in [1.54, 1.807) is 0 Å². The van der Waals surface area contributed by atoms with E-state index in [1.807, 2.05) is 0 Å². The van der Waals surface area contributed by atoms with Crippen LogP contribution >= 0.6 is 11.9 Å². The molecule has 0 amide bonds. The summed E-state index contributed by atoms with van der Waals surface area (Å²) < 4.78 is 0. The first kappa shape index (κ1) is 10.6. The molecule has 1 aromatic carbocycles. The summed E-state index contributed by atoms with van der Waals surface area (Å²) in [6.07, 6.45) is 1.09. The minimum absolute atomic E-state index is 1.04. The molecule has 0 spiro atoms. The molecule has 1 rings (SSSR count). The number of benzene rings is 1. The van der Waals surface area contributed by atoms with Gasteiger partial charge in [-0.05, 0) is 49.2 Å². The third-order valence-electron chi connectivity index (χ3n) is 1.90. The summed E-state index contributed by atoms with van der Waals surface area (Å²) in [6.45, 7) is 4.20. The highest BCUT2D eigenvalue weighted by atomic mass is 32.2. The lowest BCUT2D eigenvalue weighted by Gasteiger charge is -2.02. The van der Waals surface area contributed by atoms with Gasteiger partial charge in [0.15, 0.2) is 0 Å². The Morgan fingerprint density at radius 3 is 2.54 bits per heavy atom. The van der Waals surface area contributed by atoms with E-state index in [0.717, 1.165) is 24.4 Å². The molecule has 3 heteroatoms. The van der Waals surface area contributed by atoms with Gasteiger partial charge in [-0.2, -0.15) is 0 Å². The molecular weight excluding hydrogens is 180 g/mol. The van der Waals surface area contributed by atoms with Crippen LogP contribution in [0.5, 0.6) is 0 Å². The predicted octanol–water partition coefficient (Wildman–Crippen LogP) is 1.80. The van der Waals surface area contributed by atoms with Gasteiger partial charge < -0.3 is 5.32 Å². The minimum Gasteiger partial charge on any atom is -0.317 e. The van der Waals surface area contributed by atoms with Crippen LogP contribution in [-0.4, -0.2) is 13.1 Å². The van der Waals surface area contributed by atoms with E-state index in [1.165, 1.54) is 17.5 Å². The van der Waals surface area contributed by atoms with Gasteiger partial charge in [-0.15, -0.1) is 0 Å². The average Bonchev–Trinajstić information content (AvgIpc) is 2.19. The molecule has 0 unspecified atom stereocenters. The number of hydrogen-bond acceptors (Lipinski definition) is 3. The van der Waals surface area contributed by atoms with Crippen molar-refractivity contribution < 1.29 is 0 Å². The van der Waals surface area contributed by atoms with E-state index in [9.17, 15) is 0 Å². The van der Waals surface area contributed by atoms with Crippen LogP contribution in [-0.2, 0) is 6.42 Å².